The van der Waals surface area contributed by atoms with Gasteiger partial charge in [-0.25, -0.2) is 18.2 Å². The van der Waals surface area contributed by atoms with Crippen LogP contribution in [0.25, 0.3) is 11.4 Å². The topological polar surface area (TPSA) is 28.7 Å². The summed E-state index contributed by atoms with van der Waals surface area (Å²) in [6.07, 6.45) is 1.44. The average molecular weight is 324 g/mol. The fourth-order valence-corrected chi connectivity index (χ4v) is 1.56. The van der Waals surface area contributed by atoms with Crippen LogP contribution >= 0.6 is 22.6 Å². The third-order valence-electron chi connectivity index (χ3n) is 1.79. The lowest BCUT2D eigenvalue weighted by molar-refractivity contribution is 0.497. The molecule has 6 heteroatoms. The van der Waals surface area contributed by atoms with E-state index in [0.717, 1.165) is 6.07 Å². The first-order chi connectivity index (χ1) is 7.08. The van der Waals surface area contributed by atoms with Crippen molar-refractivity contribution in [3.63, 3.8) is 0 Å². The molecule has 0 radical (unpaired) electrons. The fourth-order valence-electron chi connectivity index (χ4n) is 1.16. The zero-order valence-corrected chi connectivity index (χ0v) is 9.35. The van der Waals surface area contributed by atoms with Gasteiger partial charge in [-0.15, -0.1) is 0 Å². The van der Waals surface area contributed by atoms with Crippen LogP contribution in [0.4, 0.5) is 13.2 Å². The molecule has 0 atom stereocenters. The van der Waals surface area contributed by atoms with E-state index in [0.29, 0.717) is 9.77 Å². The maximum absolute atomic E-state index is 13.3. The molecule has 0 amide bonds. The van der Waals surface area contributed by atoms with E-state index in [9.17, 15) is 13.2 Å². The molecule has 0 saturated carbocycles. The maximum atomic E-state index is 13.3. The third-order valence-corrected chi connectivity index (χ3v) is 2.34. The van der Waals surface area contributed by atoms with Crippen LogP contribution in [0.1, 0.15) is 0 Å². The van der Waals surface area contributed by atoms with Gasteiger partial charge in [0.15, 0.2) is 11.6 Å². The number of benzene rings is 1. The molecule has 2 nitrogen and oxygen atoms in total. The molecular formula is C9H4F3IN2. The Morgan fingerprint density at radius 3 is 2.53 bits per heavy atom. The maximum Gasteiger partial charge on any atom is 0.169 e. The minimum absolute atomic E-state index is 0.107. The lowest BCUT2D eigenvalue weighted by Gasteiger charge is -2.00. The minimum atomic E-state index is -1.23. The first-order valence-corrected chi connectivity index (χ1v) is 5.01. The van der Waals surface area contributed by atoms with Gasteiger partial charge in [-0.05, 0) is 28.7 Å². The second kappa shape index (κ2) is 3.84. The number of aromatic amines is 1. The molecule has 1 heterocycles. The van der Waals surface area contributed by atoms with Crippen LogP contribution in [0, 0.1) is 21.2 Å². The van der Waals surface area contributed by atoms with Crippen molar-refractivity contribution in [2.45, 2.75) is 0 Å². The summed E-state index contributed by atoms with van der Waals surface area (Å²) >= 11 is 1.93. The summed E-state index contributed by atoms with van der Waals surface area (Å²) in [5.74, 6) is -3.07. The van der Waals surface area contributed by atoms with Crippen molar-refractivity contribution in [3.05, 3.63) is 39.5 Å². The lowest BCUT2D eigenvalue weighted by Crippen LogP contribution is -1.93. The quantitative estimate of drug-likeness (QED) is 0.634. The molecule has 0 saturated heterocycles. The van der Waals surface area contributed by atoms with Crippen molar-refractivity contribution in [1.29, 1.82) is 0 Å². The molecule has 15 heavy (non-hydrogen) atoms. The predicted octanol–water partition coefficient (Wildman–Crippen LogP) is 3.10. The third kappa shape index (κ3) is 1.99. The van der Waals surface area contributed by atoms with Crippen molar-refractivity contribution in [1.82, 2.24) is 9.97 Å². The summed E-state index contributed by atoms with van der Waals surface area (Å²) in [5.41, 5.74) is -0.213. The number of nitrogens with zero attached hydrogens (tertiary/aromatic N) is 1. The van der Waals surface area contributed by atoms with E-state index in [2.05, 4.69) is 9.97 Å². The molecule has 0 aliphatic carbocycles. The van der Waals surface area contributed by atoms with Crippen LogP contribution < -0.4 is 0 Å². The van der Waals surface area contributed by atoms with Crippen molar-refractivity contribution < 1.29 is 13.2 Å². The second-order valence-corrected chi connectivity index (χ2v) is 3.99. The summed E-state index contributed by atoms with van der Waals surface area (Å²) in [5, 5.41) is 0. The van der Waals surface area contributed by atoms with E-state index in [-0.39, 0.29) is 11.4 Å². The highest BCUT2D eigenvalue weighted by Gasteiger charge is 2.14. The smallest absolute Gasteiger partial charge is 0.169 e. The SMILES string of the molecule is Fc1cc(F)c(F)c(-c2ncc(I)[nH]2)c1. The Morgan fingerprint density at radius 1 is 1.20 bits per heavy atom. The van der Waals surface area contributed by atoms with Crippen LogP contribution in [0.15, 0.2) is 18.3 Å². The Bertz CT molecular complexity index is 510. The van der Waals surface area contributed by atoms with Gasteiger partial charge in [0.25, 0.3) is 0 Å². The van der Waals surface area contributed by atoms with Gasteiger partial charge in [0, 0.05) is 6.07 Å². The highest BCUT2D eigenvalue weighted by atomic mass is 127. The average Bonchev–Trinajstić information content (AvgIpc) is 2.58. The summed E-state index contributed by atoms with van der Waals surface area (Å²) in [6, 6.07) is 1.39. The Hall–Kier alpha value is -1.05. The van der Waals surface area contributed by atoms with Crippen LogP contribution in [0.3, 0.4) is 0 Å². The molecular weight excluding hydrogens is 320 g/mol. The van der Waals surface area contributed by atoms with Crippen LogP contribution in [-0.4, -0.2) is 9.97 Å². The molecule has 2 aromatic rings. The summed E-state index contributed by atoms with van der Waals surface area (Å²) in [4.78, 5) is 6.48. The number of nitrogens with one attached hydrogen (secondary N) is 1. The van der Waals surface area contributed by atoms with Crippen molar-refractivity contribution in [3.8, 4) is 11.4 Å². The van der Waals surface area contributed by atoms with Crippen LogP contribution in [0.5, 0.6) is 0 Å². The number of halogens is 4. The van der Waals surface area contributed by atoms with E-state index >= 15 is 0 Å². The van der Waals surface area contributed by atoms with E-state index in [4.69, 9.17) is 0 Å². The van der Waals surface area contributed by atoms with Gasteiger partial charge in [0.1, 0.15) is 11.6 Å². The Kier molecular flexibility index (Phi) is 2.68. The van der Waals surface area contributed by atoms with Crippen molar-refractivity contribution in [2.75, 3.05) is 0 Å². The van der Waals surface area contributed by atoms with Gasteiger partial charge in [-0.3, -0.25) is 0 Å². The van der Waals surface area contributed by atoms with Crippen molar-refractivity contribution in [2.24, 2.45) is 0 Å². The Balaban J connectivity index is 2.62. The van der Waals surface area contributed by atoms with Crippen LogP contribution in [-0.2, 0) is 0 Å². The number of aromatic nitrogens is 2. The zero-order valence-electron chi connectivity index (χ0n) is 7.19. The molecule has 0 aliphatic heterocycles. The molecule has 0 spiro atoms. The predicted molar refractivity (Wildman–Crippen MR) is 56.6 cm³/mol. The van der Waals surface area contributed by atoms with Gasteiger partial charge in [-0.2, -0.15) is 0 Å². The van der Waals surface area contributed by atoms with Gasteiger partial charge >= 0.3 is 0 Å². The molecule has 0 fully saturated rings. The van der Waals surface area contributed by atoms with Crippen molar-refractivity contribution >= 4 is 22.6 Å². The molecule has 78 valence electrons. The number of rotatable bonds is 1. The second-order valence-electron chi connectivity index (χ2n) is 2.83. The first kappa shape index (κ1) is 10.5. The highest BCUT2D eigenvalue weighted by Crippen LogP contribution is 2.23. The summed E-state index contributed by atoms with van der Waals surface area (Å²) < 4.78 is 39.7. The fraction of sp³-hybridized carbons (Fsp3) is 0. The zero-order chi connectivity index (χ0) is 11.0. The van der Waals surface area contributed by atoms with E-state index in [1.54, 1.807) is 0 Å². The summed E-state index contributed by atoms with van der Waals surface area (Å²) in [6.45, 7) is 0. The highest BCUT2D eigenvalue weighted by molar-refractivity contribution is 14.1. The normalized spacial score (nSPS) is 10.7. The molecule has 1 aromatic heterocycles. The van der Waals surface area contributed by atoms with Gasteiger partial charge in [-0.1, -0.05) is 0 Å². The number of imidazole rings is 1. The molecule has 1 aromatic carbocycles. The van der Waals surface area contributed by atoms with E-state index in [1.807, 2.05) is 22.6 Å². The number of hydrogen-bond donors (Lipinski definition) is 1. The molecule has 2 rings (SSSR count). The van der Waals surface area contributed by atoms with Gasteiger partial charge in [0.2, 0.25) is 0 Å². The largest absolute Gasteiger partial charge is 0.333 e. The molecule has 1 N–H and O–H groups in total. The van der Waals surface area contributed by atoms with E-state index in [1.165, 1.54) is 6.20 Å². The molecule has 0 aliphatic rings. The lowest BCUT2D eigenvalue weighted by atomic mass is 10.2. The summed E-state index contributed by atoms with van der Waals surface area (Å²) in [7, 11) is 0. The molecule has 0 unspecified atom stereocenters. The Morgan fingerprint density at radius 2 is 1.93 bits per heavy atom. The standard InChI is InChI=1S/C9H4F3IN2/c10-4-1-5(8(12)6(11)2-4)9-14-3-7(13)15-9/h1-3H,(H,14,15). The molecule has 0 bridgehead atoms. The first-order valence-electron chi connectivity index (χ1n) is 3.93. The van der Waals surface area contributed by atoms with Gasteiger partial charge in [0.05, 0.1) is 15.5 Å². The number of H-pyrrole nitrogens is 1. The van der Waals surface area contributed by atoms with E-state index < -0.39 is 17.5 Å². The van der Waals surface area contributed by atoms with Crippen LogP contribution in [0.2, 0.25) is 0 Å². The Labute approximate surface area is 96.7 Å². The van der Waals surface area contributed by atoms with Gasteiger partial charge < -0.3 is 4.98 Å². The number of hydrogen-bond acceptors (Lipinski definition) is 1. The minimum Gasteiger partial charge on any atom is -0.333 e. The monoisotopic (exact) mass is 324 g/mol.